The van der Waals surface area contributed by atoms with Gasteiger partial charge < -0.3 is 4.52 Å². The van der Waals surface area contributed by atoms with E-state index in [0.29, 0.717) is 30.3 Å². The van der Waals surface area contributed by atoms with Crippen molar-refractivity contribution in [3.8, 4) is 5.75 Å². The van der Waals surface area contributed by atoms with Gasteiger partial charge in [-0.3, -0.25) is 9.05 Å². The number of hydrogen-bond donors (Lipinski definition) is 0. The van der Waals surface area contributed by atoms with E-state index in [-0.39, 0.29) is 0 Å². The maximum atomic E-state index is 13.3. The van der Waals surface area contributed by atoms with Crippen LogP contribution in [0.4, 0.5) is 0 Å². The quantitative estimate of drug-likeness (QED) is 0.259. The third-order valence-electron chi connectivity index (χ3n) is 8.88. The summed E-state index contributed by atoms with van der Waals surface area (Å²) in [6, 6.07) is 6.34. The lowest BCUT2D eigenvalue weighted by atomic mass is 9.54. The predicted octanol–water partition coefficient (Wildman–Crippen LogP) is 8.30. The predicted molar refractivity (Wildman–Crippen MR) is 130 cm³/mol. The highest BCUT2D eigenvalue weighted by Gasteiger charge is 2.53. The van der Waals surface area contributed by atoms with Gasteiger partial charge in [-0.05, 0) is 104 Å². The lowest BCUT2D eigenvalue weighted by molar-refractivity contribution is 0.0336. The number of aryl methyl sites for hydroxylation is 1. The molecule has 5 heteroatoms. The van der Waals surface area contributed by atoms with Crippen LogP contribution in [0.2, 0.25) is 0 Å². The molecule has 0 spiro atoms. The number of benzene rings is 1. The van der Waals surface area contributed by atoms with Crippen LogP contribution in [0.15, 0.2) is 18.2 Å². The minimum atomic E-state index is -3.60. The van der Waals surface area contributed by atoms with Gasteiger partial charge in [0.2, 0.25) is 0 Å². The molecule has 1 aromatic carbocycles. The summed E-state index contributed by atoms with van der Waals surface area (Å²) in [5.74, 6) is 3.84. The topological polar surface area (TPSA) is 44.8 Å². The average Bonchev–Trinajstić information content (AvgIpc) is 3.08. The summed E-state index contributed by atoms with van der Waals surface area (Å²) in [7, 11) is -3.60. The summed E-state index contributed by atoms with van der Waals surface area (Å²) in [5.41, 5.74) is 3.41. The number of hydrogen-bond acceptors (Lipinski definition) is 4. The summed E-state index contributed by atoms with van der Waals surface area (Å²) < 4.78 is 30.4. The Hall–Kier alpha value is -0.830. The largest absolute Gasteiger partial charge is 0.530 e. The van der Waals surface area contributed by atoms with Crippen LogP contribution >= 0.6 is 7.82 Å². The van der Waals surface area contributed by atoms with Crippen LogP contribution in [-0.2, 0) is 20.0 Å². The summed E-state index contributed by atoms with van der Waals surface area (Å²) in [4.78, 5) is 0. The Balaban J connectivity index is 1.49. The van der Waals surface area contributed by atoms with Gasteiger partial charge >= 0.3 is 7.82 Å². The van der Waals surface area contributed by atoms with Crippen LogP contribution in [0.5, 0.6) is 5.75 Å². The van der Waals surface area contributed by atoms with Crippen LogP contribution in [0.25, 0.3) is 0 Å². The summed E-state index contributed by atoms with van der Waals surface area (Å²) in [6.45, 7) is 10.0. The van der Waals surface area contributed by atoms with Crippen LogP contribution in [0, 0.1) is 23.2 Å². The molecular weight excluding hydrogens is 419 g/mol. The molecule has 0 radical (unpaired) electrons. The fourth-order valence-electron chi connectivity index (χ4n) is 6.74. The Morgan fingerprint density at radius 3 is 2.44 bits per heavy atom. The van der Waals surface area contributed by atoms with Crippen molar-refractivity contribution >= 4 is 7.82 Å². The van der Waals surface area contributed by atoms with Crippen LogP contribution in [0.3, 0.4) is 0 Å². The van der Waals surface area contributed by atoms with E-state index in [9.17, 15) is 4.57 Å². The van der Waals surface area contributed by atoms with Crippen LogP contribution < -0.4 is 4.52 Å². The molecule has 0 aromatic heterocycles. The Bertz CT molecular complexity index is 810. The minimum Gasteiger partial charge on any atom is -0.404 e. The van der Waals surface area contributed by atoms with E-state index < -0.39 is 7.82 Å². The van der Waals surface area contributed by atoms with E-state index in [1.807, 2.05) is 6.07 Å². The highest BCUT2D eigenvalue weighted by molar-refractivity contribution is 7.48. The fourth-order valence-corrected chi connectivity index (χ4v) is 8.00. The van der Waals surface area contributed by atoms with E-state index in [0.717, 1.165) is 49.9 Å². The maximum Gasteiger partial charge on any atom is 0.530 e. The first kappa shape index (κ1) is 24.3. The molecular formula is C27H43O4P. The molecule has 3 aliphatic carbocycles. The van der Waals surface area contributed by atoms with Gasteiger partial charge in [-0.25, -0.2) is 4.57 Å². The summed E-state index contributed by atoms with van der Waals surface area (Å²) in [6.07, 6.45) is 11.5. The smallest absolute Gasteiger partial charge is 0.404 e. The number of phosphoric ester groups is 1. The van der Waals surface area contributed by atoms with Gasteiger partial charge in [0, 0.05) is 0 Å². The Kier molecular flexibility index (Phi) is 7.74. The van der Waals surface area contributed by atoms with Gasteiger partial charge in [-0.2, -0.15) is 0 Å². The van der Waals surface area contributed by atoms with Crippen molar-refractivity contribution < 1.29 is 18.1 Å². The second-order valence-corrected chi connectivity index (χ2v) is 12.3. The van der Waals surface area contributed by atoms with E-state index in [1.165, 1.54) is 43.2 Å². The van der Waals surface area contributed by atoms with Crippen molar-refractivity contribution in [1.82, 2.24) is 0 Å². The molecule has 4 unspecified atom stereocenters. The molecule has 4 rings (SSSR count). The average molecular weight is 463 g/mol. The van der Waals surface area contributed by atoms with Crippen molar-refractivity contribution in [2.45, 2.75) is 97.8 Å². The van der Waals surface area contributed by atoms with E-state index >= 15 is 0 Å². The molecule has 0 amide bonds. The number of fused-ring (bicyclic) bond motifs is 5. The van der Waals surface area contributed by atoms with Gasteiger partial charge in [0.05, 0.1) is 13.2 Å². The van der Waals surface area contributed by atoms with Crippen LogP contribution in [-0.4, -0.2) is 13.2 Å². The number of phosphoric acid groups is 1. The molecule has 0 heterocycles. The van der Waals surface area contributed by atoms with E-state index in [1.54, 1.807) is 0 Å². The van der Waals surface area contributed by atoms with Crippen molar-refractivity contribution in [1.29, 1.82) is 0 Å². The Labute approximate surface area is 195 Å². The molecule has 4 nitrogen and oxygen atoms in total. The molecule has 0 N–H and O–H groups in total. The zero-order valence-corrected chi connectivity index (χ0v) is 21.5. The zero-order valence-electron chi connectivity index (χ0n) is 20.6. The standard InChI is InChI=1S/C27H43O4P/c1-5-7-17-29-32(28,30-18-8-6-2)31-22-11-13-23-21(19-22)10-12-25-24(23)15-16-27(4)20(3)9-14-26(25)27/h11,13,19-20,24-26H,5-10,12,14-18H2,1-4H3/t20-,24?,25?,26?,27?/m1/s1. The fraction of sp³-hybridized carbons (Fsp3) is 0.778. The summed E-state index contributed by atoms with van der Waals surface area (Å²) >= 11 is 0. The van der Waals surface area contributed by atoms with Gasteiger partial charge in [-0.15, -0.1) is 0 Å². The van der Waals surface area contributed by atoms with Gasteiger partial charge in [0.15, 0.2) is 0 Å². The van der Waals surface area contributed by atoms with Gasteiger partial charge in [-0.1, -0.05) is 46.6 Å². The monoisotopic (exact) mass is 462 g/mol. The second-order valence-electron chi connectivity index (χ2n) is 10.7. The molecule has 32 heavy (non-hydrogen) atoms. The maximum absolute atomic E-state index is 13.3. The molecule has 0 aliphatic heterocycles. The van der Waals surface area contributed by atoms with Crippen molar-refractivity contribution in [2.24, 2.45) is 23.2 Å². The Morgan fingerprint density at radius 1 is 1.03 bits per heavy atom. The molecule has 0 saturated heterocycles. The first-order chi connectivity index (χ1) is 15.4. The number of unbranched alkanes of at least 4 members (excludes halogenated alkanes) is 2. The zero-order chi connectivity index (χ0) is 22.8. The third-order valence-corrected chi connectivity index (χ3v) is 10.3. The van der Waals surface area contributed by atoms with Gasteiger partial charge in [0.25, 0.3) is 0 Å². The lowest BCUT2D eigenvalue weighted by Gasteiger charge is -2.50. The summed E-state index contributed by atoms with van der Waals surface area (Å²) in [5, 5.41) is 0. The molecule has 2 fully saturated rings. The normalized spacial score (nSPS) is 31.6. The van der Waals surface area contributed by atoms with Crippen molar-refractivity contribution in [3.63, 3.8) is 0 Å². The molecule has 0 bridgehead atoms. The first-order valence-electron chi connectivity index (χ1n) is 13.1. The molecule has 1 aromatic rings. The lowest BCUT2D eigenvalue weighted by Crippen LogP contribution is -2.41. The first-order valence-corrected chi connectivity index (χ1v) is 14.6. The number of rotatable bonds is 10. The van der Waals surface area contributed by atoms with E-state index in [4.69, 9.17) is 13.6 Å². The second kappa shape index (κ2) is 10.2. The minimum absolute atomic E-state index is 0.396. The van der Waals surface area contributed by atoms with Crippen molar-refractivity contribution in [3.05, 3.63) is 29.3 Å². The molecule has 2 saturated carbocycles. The van der Waals surface area contributed by atoms with E-state index in [2.05, 4.69) is 39.8 Å². The molecule has 3 aliphatic rings. The highest BCUT2D eigenvalue weighted by atomic mass is 31.2. The molecule has 180 valence electrons. The third kappa shape index (κ3) is 4.84. The SMILES string of the molecule is CCCCOP(=O)(OCCCC)Oc1ccc2c(c1)CCC1C2CCC2(C)C1CC[C@H]2C. The Morgan fingerprint density at radius 2 is 1.75 bits per heavy atom. The highest BCUT2D eigenvalue weighted by Crippen LogP contribution is 2.63. The van der Waals surface area contributed by atoms with Gasteiger partial charge in [0.1, 0.15) is 5.75 Å². The van der Waals surface area contributed by atoms with Crippen molar-refractivity contribution in [2.75, 3.05) is 13.2 Å². The van der Waals surface area contributed by atoms with Crippen LogP contribution in [0.1, 0.15) is 103 Å². The molecule has 5 atom stereocenters.